The maximum atomic E-state index is 11.3. The Kier molecular flexibility index (Phi) is 3.62. The maximum absolute atomic E-state index is 11.3. The van der Waals surface area contributed by atoms with Crippen molar-refractivity contribution in [2.75, 3.05) is 13.2 Å². The lowest BCUT2D eigenvalue weighted by molar-refractivity contribution is 0.0525. The molecule has 1 saturated carbocycles. The first kappa shape index (κ1) is 11.2. The van der Waals surface area contributed by atoms with E-state index in [9.17, 15) is 4.79 Å². The molecular formula is C12H17NO3. The molecule has 0 spiro atoms. The van der Waals surface area contributed by atoms with E-state index >= 15 is 0 Å². The van der Waals surface area contributed by atoms with Gasteiger partial charge in [-0.3, -0.25) is 0 Å². The van der Waals surface area contributed by atoms with Crippen LogP contribution in [-0.4, -0.2) is 19.1 Å². The van der Waals surface area contributed by atoms with Crippen LogP contribution in [-0.2, 0) is 11.3 Å². The summed E-state index contributed by atoms with van der Waals surface area (Å²) in [4.78, 5) is 11.3. The van der Waals surface area contributed by atoms with Gasteiger partial charge >= 0.3 is 5.97 Å². The number of carbonyl (C=O) groups excluding carboxylic acids is 1. The SMILES string of the molecule is CCOC(=O)c1coc(CNCC2CC2)c1. The van der Waals surface area contributed by atoms with Gasteiger partial charge in [0.1, 0.15) is 12.0 Å². The smallest absolute Gasteiger partial charge is 0.341 e. The van der Waals surface area contributed by atoms with Gasteiger partial charge in [0.05, 0.1) is 18.7 Å². The Hall–Kier alpha value is -1.29. The van der Waals surface area contributed by atoms with E-state index in [1.807, 2.05) is 0 Å². The highest BCUT2D eigenvalue weighted by Gasteiger charge is 2.20. The first-order valence-electron chi connectivity index (χ1n) is 5.75. The quantitative estimate of drug-likeness (QED) is 0.749. The number of nitrogens with one attached hydrogen (secondary N) is 1. The third kappa shape index (κ3) is 3.10. The number of hydrogen-bond acceptors (Lipinski definition) is 4. The van der Waals surface area contributed by atoms with Crippen LogP contribution in [0.25, 0.3) is 0 Å². The number of esters is 1. The molecule has 0 bridgehead atoms. The third-order valence-electron chi connectivity index (χ3n) is 2.59. The highest BCUT2D eigenvalue weighted by Crippen LogP contribution is 2.27. The third-order valence-corrected chi connectivity index (χ3v) is 2.59. The van der Waals surface area contributed by atoms with Crippen LogP contribution in [0.5, 0.6) is 0 Å². The fourth-order valence-electron chi connectivity index (χ4n) is 1.52. The molecule has 0 amide bonds. The van der Waals surface area contributed by atoms with Gasteiger partial charge in [-0.15, -0.1) is 0 Å². The Balaban J connectivity index is 1.78. The molecule has 1 aromatic heterocycles. The Labute approximate surface area is 95.0 Å². The number of ether oxygens (including phenoxy) is 1. The van der Waals surface area contributed by atoms with Crippen LogP contribution < -0.4 is 5.32 Å². The standard InChI is InChI=1S/C12H17NO3/c1-2-15-12(14)10-5-11(16-8-10)7-13-6-9-3-4-9/h5,8-9,13H,2-4,6-7H2,1H3. The van der Waals surface area contributed by atoms with E-state index in [2.05, 4.69) is 5.32 Å². The second-order valence-electron chi connectivity index (χ2n) is 4.10. The van der Waals surface area contributed by atoms with E-state index in [0.717, 1.165) is 18.2 Å². The summed E-state index contributed by atoms with van der Waals surface area (Å²) in [5.74, 6) is 1.31. The molecule has 16 heavy (non-hydrogen) atoms. The molecule has 4 nitrogen and oxygen atoms in total. The maximum Gasteiger partial charge on any atom is 0.341 e. The van der Waals surface area contributed by atoms with E-state index in [4.69, 9.17) is 9.15 Å². The van der Waals surface area contributed by atoms with Crippen LogP contribution in [0, 0.1) is 5.92 Å². The van der Waals surface area contributed by atoms with Crippen LogP contribution in [0.2, 0.25) is 0 Å². The normalized spacial score (nSPS) is 15.1. The summed E-state index contributed by atoms with van der Waals surface area (Å²) in [6, 6.07) is 1.73. The van der Waals surface area contributed by atoms with Crippen LogP contribution in [0.1, 0.15) is 35.9 Å². The summed E-state index contributed by atoms with van der Waals surface area (Å²) in [6.45, 7) is 3.89. The van der Waals surface area contributed by atoms with Crippen molar-refractivity contribution in [1.82, 2.24) is 5.32 Å². The summed E-state index contributed by atoms with van der Waals surface area (Å²) in [5.41, 5.74) is 0.491. The molecule has 1 N–H and O–H groups in total. The number of furan rings is 1. The predicted molar refractivity (Wildman–Crippen MR) is 59.1 cm³/mol. The Morgan fingerprint density at radius 3 is 3.12 bits per heavy atom. The molecule has 0 aliphatic heterocycles. The lowest BCUT2D eigenvalue weighted by Crippen LogP contribution is -2.15. The minimum atomic E-state index is -0.320. The number of carbonyl (C=O) groups is 1. The molecule has 0 atom stereocenters. The van der Waals surface area contributed by atoms with Gasteiger partial charge in [-0.1, -0.05) is 0 Å². The van der Waals surface area contributed by atoms with Crippen molar-refractivity contribution < 1.29 is 13.9 Å². The molecule has 0 radical (unpaired) electrons. The fraction of sp³-hybridized carbons (Fsp3) is 0.583. The van der Waals surface area contributed by atoms with Gasteiger partial charge in [0.15, 0.2) is 0 Å². The van der Waals surface area contributed by atoms with E-state index in [-0.39, 0.29) is 5.97 Å². The average Bonchev–Trinajstić information content (AvgIpc) is 2.95. The minimum absolute atomic E-state index is 0.320. The Bertz CT molecular complexity index is 355. The first-order valence-corrected chi connectivity index (χ1v) is 5.75. The molecule has 1 aromatic rings. The van der Waals surface area contributed by atoms with Crippen LogP contribution in [0.15, 0.2) is 16.7 Å². The Morgan fingerprint density at radius 1 is 1.62 bits per heavy atom. The summed E-state index contributed by atoms with van der Waals surface area (Å²) in [6.07, 6.45) is 4.12. The summed E-state index contributed by atoms with van der Waals surface area (Å²) in [5, 5.41) is 3.30. The molecule has 1 fully saturated rings. The molecule has 0 saturated heterocycles. The summed E-state index contributed by atoms with van der Waals surface area (Å²) >= 11 is 0. The van der Waals surface area contributed by atoms with E-state index in [1.165, 1.54) is 19.1 Å². The van der Waals surface area contributed by atoms with Crippen LogP contribution in [0.4, 0.5) is 0 Å². The lowest BCUT2D eigenvalue weighted by Gasteiger charge is -1.99. The molecule has 1 aliphatic carbocycles. The number of hydrogen-bond donors (Lipinski definition) is 1. The summed E-state index contributed by atoms with van der Waals surface area (Å²) < 4.78 is 10.1. The molecule has 1 heterocycles. The van der Waals surface area contributed by atoms with Gasteiger partial charge in [-0.25, -0.2) is 4.79 Å². The molecule has 1 aliphatic rings. The summed E-state index contributed by atoms with van der Waals surface area (Å²) in [7, 11) is 0. The van der Waals surface area contributed by atoms with E-state index in [0.29, 0.717) is 18.7 Å². The van der Waals surface area contributed by atoms with Crippen molar-refractivity contribution in [2.45, 2.75) is 26.3 Å². The minimum Gasteiger partial charge on any atom is -0.467 e. The van der Waals surface area contributed by atoms with Gasteiger partial charge in [0.2, 0.25) is 0 Å². The molecule has 2 rings (SSSR count). The van der Waals surface area contributed by atoms with Crippen molar-refractivity contribution in [3.63, 3.8) is 0 Å². The fourth-order valence-corrected chi connectivity index (χ4v) is 1.52. The molecule has 88 valence electrons. The predicted octanol–water partition coefficient (Wildman–Crippen LogP) is 1.96. The van der Waals surface area contributed by atoms with Crippen molar-refractivity contribution in [3.8, 4) is 0 Å². The van der Waals surface area contributed by atoms with Gasteiger partial charge < -0.3 is 14.5 Å². The monoisotopic (exact) mass is 223 g/mol. The van der Waals surface area contributed by atoms with Gasteiger partial charge in [0, 0.05) is 0 Å². The molecule has 4 heteroatoms. The van der Waals surface area contributed by atoms with E-state index < -0.39 is 0 Å². The second-order valence-corrected chi connectivity index (χ2v) is 4.10. The second kappa shape index (κ2) is 5.16. The van der Waals surface area contributed by atoms with Crippen molar-refractivity contribution in [1.29, 1.82) is 0 Å². The van der Waals surface area contributed by atoms with Crippen molar-refractivity contribution in [2.24, 2.45) is 5.92 Å². The van der Waals surface area contributed by atoms with Crippen molar-refractivity contribution >= 4 is 5.97 Å². The highest BCUT2D eigenvalue weighted by molar-refractivity contribution is 5.89. The highest BCUT2D eigenvalue weighted by atomic mass is 16.5. The van der Waals surface area contributed by atoms with Gasteiger partial charge in [0.25, 0.3) is 0 Å². The van der Waals surface area contributed by atoms with Gasteiger partial charge in [-0.05, 0) is 38.3 Å². The topological polar surface area (TPSA) is 51.5 Å². The largest absolute Gasteiger partial charge is 0.467 e. The molecule has 0 aromatic carbocycles. The molecule has 0 unspecified atom stereocenters. The zero-order chi connectivity index (χ0) is 11.4. The molecular weight excluding hydrogens is 206 g/mol. The van der Waals surface area contributed by atoms with E-state index in [1.54, 1.807) is 13.0 Å². The van der Waals surface area contributed by atoms with Crippen molar-refractivity contribution in [3.05, 3.63) is 23.7 Å². The van der Waals surface area contributed by atoms with Crippen LogP contribution >= 0.6 is 0 Å². The zero-order valence-electron chi connectivity index (χ0n) is 9.49. The number of rotatable bonds is 6. The van der Waals surface area contributed by atoms with Gasteiger partial charge in [-0.2, -0.15) is 0 Å². The zero-order valence-corrected chi connectivity index (χ0v) is 9.49. The Morgan fingerprint density at radius 2 is 2.44 bits per heavy atom. The lowest BCUT2D eigenvalue weighted by atomic mass is 10.3. The average molecular weight is 223 g/mol. The first-order chi connectivity index (χ1) is 7.79. The van der Waals surface area contributed by atoms with Crippen LogP contribution in [0.3, 0.4) is 0 Å².